The summed E-state index contributed by atoms with van der Waals surface area (Å²) in [4.78, 5) is 22.9. The molecule has 0 radical (unpaired) electrons. The van der Waals surface area contributed by atoms with Crippen molar-refractivity contribution < 1.29 is 14.7 Å². The molecule has 0 aromatic heterocycles. The maximum absolute atomic E-state index is 12.3. The Morgan fingerprint density at radius 3 is 2.50 bits per heavy atom. The molecule has 2 aliphatic carbocycles. The van der Waals surface area contributed by atoms with E-state index in [0.29, 0.717) is 18.1 Å². The number of Topliss-reactive ketones (excluding diaryl/α,β-unsaturated/α-hetero) is 1. The first-order chi connectivity index (χ1) is 7.30. The zero-order chi connectivity index (χ0) is 12.1. The van der Waals surface area contributed by atoms with Crippen molar-refractivity contribution in [1.29, 1.82) is 0 Å². The van der Waals surface area contributed by atoms with Gasteiger partial charge >= 0.3 is 5.97 Å². The molecule has 0 aromatic rings. The first kappa shape index (κ1) is 11.6. The molecular formula is C13H20O3. The summed E-state index contributed by atoms with van der Waals surface area (Å²) >= 11 is 0. The van der Waals surface area contributed by atoms with Crippen LogP contribution in [0.4, 0.5) is 0 Å². The van der Waals surface area contributed by atoms with Crippen LogP contribution in [0.1, 0.15) is 46.5 Å². The third kappa shape index (κ3) is 1.26. The lowest BCUT2D eigenvalue weighted by Crippen LogP contribution is -2.33. The molecule has 2 rings (SSSR count). The van der Waals surface area contributed by atoms with Crippen LogP contribution in [0.5, 0.6) is 0 Å². The molecule has 2 fully saturated rings. The van der Waals surface area contributed by atoms with Crippen molar-refractivity contribution >= 4 is 11.8 Å². The van der Waals surface area contributed by atoms with E-state index in [0.717, 1.165) is 12.8 Å². The molecule has 0 unspecified atom stereocenters. The van der Waals surface area contributed by atoms with Crippen molar-refractivity contribution in [3.63, 3.8) is 0 Å². The van der Waals surface area contributed by atoms with Gasteiger partial charge in [-0.05, 0) is 30.6 Å². The fraction of sp³-hybridized carbons (Fsp3) is 0.846. The summed E-state index contributed by atoms with van der Waals surface area (Å²) < 4.78 is 0. The highest BCUT2D eigenvalue weighted by molar-refractivity contribution is 5.91. The number of carbonyl (C=O) groups is 2. The molecule has 3 heteroatoms. The van der Waals surface area contributed by atoms with Gasteiger partial charge in [-0.15, -0.1) is 0 Å². The summed E-state index contributed by atoms with van der Waals surface area (Å²) in [6.45, 7) is 6.41. The summed E-state index contributed by atoms with van der Waals surface area (Å²) in [6.07, 6.45) is 2.71. The average Bonchev–Trinajstić information content (AvgIpc) is 2.47. The standard InChI is InChI=1S/C13H20O3/c1-12(2)9-6-7-13(12,3)11(16)8(9)4-5-10(14)15/h8-9H,4-7H2,1-3H3,(H,14,15)/t8-,9+,13-/m1/s1. The Labute approximate surface area is 96.2 Å². The maximum atomic E-state index is 12.3. The number of carboxylic acids is 1. The van der Waals surface area contributed by atoms with Gasteiger partial charge in [0.25, 0.3) is 0 Å². The van der Waals surface area contributed by atoms with Crippen LogP contribution < -0.4 is 0 Å². The van der Waals surface area contributed by atoms with Crippen LogP contribution in [0, 0.1) is 22.7 Å². The molecule has 90 valence electrons. The van der Waals surface area contributed by atoms with Gasteiger partial charge in [0.15, 0.2) is 0 Å². The molecule has 0 saturated heterocycles. The quantitative estimate of drug-likeness (QED) is 0.801. The molecule has 0 aromatic carbocycles. The van der Waals surface area contributed by atoms with Gasteiger partial charge in [-0.1, -0.05) is 20.8 Å². The molecule has 0 heterocycles. The second-order valence-electron chi connectivity index (χ2n) is 6.10. The molecule has 3 nitrogen and oxygen atoms in total. The van der Waals surface area contributed by atoms with Gasteiger partial charge in [-0.2, -0.15) is 0 Å². The lowest BCUT2D eigenvalue weighted by Gasteiger charge is -2.32. The van der Waals surface area contributed by atoms with E-state index in [1.54, 1.807) is 0 Å². The molecule has 3 atom stereocenters. The number of hydrogen-bond acceptors (Lipinski definition) is 2. The summed E-state index contributed by atoms with van der Waals surface area (Å²) in [5.41, 5.74) is -0.159. The van der Waals surface area contributed by atoms with Crippen molar-refractivity contribution in [1.82, 2.24) is 0 Å². The lowest BCUT2D eigenvalue weighted by atomic mass is 9.70. The molecule has 1 N–H and O–H groups in total. The Morgan fingerprint density at radius 2 is 2.06 bits per heavy atom. The molecular weight excluding hydrogens is 204 g/mol. The monoisotopic (exact) mass is 224 g/mol. The number of hydrogen-bond donors (Lipinski definition) is 1. The minimum absolute atomic E-state index is 0.00940. The minimum Gasteiger partial charge on any atom is -0.481 e. The Kier molecular flexibility index (Phi) is 2.41. The SMILES string of the molecule is CC1(C)[C@H]2CC[C@]1(C)C(=O)[C@@H]2CCC(=O)O. The van der Waals surface area contributed by atoms with E-state index in [1.807, 2.05) is 0 Å². The lowest BCUT2D eigenvalue weighted by molar-refractivity contribution is -0.138. The molecule has 2 saturated carbocycles. The van der Waals surface area contributed by atoms with Crippen LogP contribution in [0.25, 0.3) is 0 Å². The van der Waals surface area contributed by atoms with Crippen LogP contribution in [0.3, 0.4) is 0 Å². The number of carbonyl (C=O) groups excluding carboxylic acids is 1. The fourth-order valence-electron chi connectivity index (χ4n) is 3.88. The highest BCUT2D eigenvalue weighted by atomic mass is 16.4. The third-order valence-electron chi connectivity index (χ3n) is 5.34. The Balaban J connectivity index is 2.20. The Morgan fingerprint density at radius 1 is 1.44 bits per heavy atom. The zero-order valence-corrected chi connectivity index (χ0v) is 10.2. The van der Waals surface area contributed by atoms with Gasteiger partial charge in [0, 0.05) is 17.8 Å². The van der Waals surface area contributed by atoms with Crippen LogP contribution in [-0.2, 0) is 9.59 Å². The molecule has 2 bridgehead atoms. The normalized spacial score (nSPS) is 40.3. The van der Waals surface area contributed by atoms with E-state index in [1.165, 1.54) is 0 Å². The molecule has 0 amide bonds. The van der Waals surface area contributed by atoms with E-state index >= 15 is 0 Å². The smallest absolute Gasteiger partial charge is 0.303 e. The van der Waals surface area contributed by atoms with Gasteiger partial charge in [-0.3, -0.25) is 9.59 Å². The number of ketones is 1. The second kappa shape index (κ2) is 3.31. The first-order valence-corrected chi connectivity index (χ1v) is 6.07. The number of fused-ring (bicyclic) bond motifs is 2. The number of rotatable bonds is 3. The van der Waals surface area contributed by atoms with Crippen LogP contribution in [-0.4, -0.2) is 16.9 Å². The summed E-state index contributed by atoms with van der Waals surface area (Å²) in [5.74, 6) is -0.0947. The highest BCUT2D eigenvalue weighted by Gasteiger charge is 2.65. The van der Waals surface area contributed by atoms with Crippen molar-refractivity contribution in [3.05, 3.63) is 0 Å². The van der Waals surface area contributed by atoms with Crippen LogP contribution in [0.15, 0.2) is 0 Å². The molecule has 16 heavy (non-hydrogen) atoms. The molecule has 2 aliphatic rings. The van der Waals surface area contributed by atoms with E-state index in [-0.39, 0.29) is 23.2 Å². The zero-order valence-electron chi connectivity index (χ0n) is 10.2. The average molecular weight is 224 g/mol. The minimum atomic E-state index is -0.793. The number of aliphatic carboxylic acids is 1. The van der Waals surface area contributed by atoms with Gasteiger partial charge in [-0.25, -0.2) is 0 Å². The predicted molar refractivity (Wildman–Crippen MR) is 60.0 cm³/mol. The predicted octanol–water partition coefficient (Wildman–Crippen LogP) is 2.49. The summed E-state index contributed by atoms with van der Waals surface area (Å²) in [7, 11) is 0. The van der Waals surface area contributed by atoms with E-state index in [2.05, 4.69) is 20.8 Å². The summed E-state index contributed by atoms with van der Waals surface area (Å²) in [5, 5.41) is 8.71. The van der Waals surface area contributed by atoms with Crippen molar-refractivity contribution in [2.24, 2.45) is 22.7 Å². The molecule has 0 spiro atoms. The highest BCUT2D eigenvalue weighted by Crippen LogP contribution is 2.66. The largest absolute Gasteiger partial charge is 0.481 e. The van der Waals surface area contributed by atoms with E-state index in [4.69, 9.17) is 5.11 Å². The van der Waals surface area contributed by atoms with Crippen molar-refractivity contribution in [3.8, 4) is 0 Å². The second-order valence-corrected chi connectivity index (χ2v) is 6.10. The fourth-order valence-corrected chi connectivity index (χ4v) is 3.88. The van der Waals surface area contributed by atoms with E-state index in [9.17, 15) is 9.59 Å². The van der Waals surface area contributed by atoms with Crippen molar-refractivity contribution in [2.75, 3.05) is 0 Å². The van der Waals surface area contributed by atoms with Gasteiger partial charge in [0.1, 0.15) is 5.78 Å². The van der Waals surface area contributed by atoms with Gasteiger partial charge in [0.2, 0.25) is 0 Å². The summed E-state index contributed by atoms with van der Waals surface area (Å²) in [6, 6.07) is 0. The Hall–Kier alpha value is -0.860. The van der Waals surface area contributed by atoms with Crippen LogP contribution in [0.2, 0.25) is 0 Å². The number of carboxylic acid groups (broad SMARTS) is 1. The van der Waals surface area contributed by atoms with Gasteiger partial charge in [0.05, 0.1) is 0 Å². The topological polar surface area (TPSA) is 54.4 Å². The Bertz CT molecular complexity index is 345. The van der Waals surface area contributed by atoms with E-state index < -0.39 is 5.97 Å². The first-order valence-electron chi connectivity index (χ1n) is 6.07. The van der Waals surface area contributed by atoms with Gasteiger partial charge < -0.3 is 5.11 Å². The third-order valence-corrected chi connectivity index (χ3v) is 5.34. The van der Waals surface area contributed by atoms with Crippen molar-refractivity contribution in [2.45, 2.75) is 46.5 Å². The maximum Gasteiger partial charge on any atom is 0.303 e. The molecule has 0 aliphatic heterocycles. The van der Waals surface area contributed by atoms with Crippen LogP contribution >= 0.6 is 0 Å².